The molecule has 1 saturated heterocycles. The van der Waals surface area contributed by atoms with Gasteiger partial charge >= 0.3 is 0 Å². The minimum absolute atomic E-state index is 0.284. The largest absolute Gasteiger partial charge is 0.409 e. The topological polar surface area (TPSA) is 70.6 Å². The molecular formula is C9H19N3OS. The molecular weight excluding hydrogens is 198 g/mol. The van der Waals surface area contributed by atoms with E-state index in [1.54, 1.807) is 0 Å². The van der Waals surface area contributed by atoms with Crippen molar-refractivity contribution >= 4 is 17.6 Å². The summed E-state index contributed by atoms with van der Waals surface area (Å²) < 4.78 is 0. The zero-order valence-corrected chi connectivity index (χ0v) is 9.39. The highest BCUT2D eigenvalue weighted by atomic mass is 32.2. The van der Waals surface area contributed by atoms with E-state index in [4.69, 9.17) is 10.9 Å². The number of amidine groups is 1. The van der Waals surface area contributed by atoms with Gasteiger partial charge in [0.05, 0.1) is 0 Å². The second-order valence-corrected chi connectivity index (χ2v) is 5.15. The van der Waals surface area contributed by atoms with Crippen LogP contribution in [0.15, 0.2) is 5.16 Å². The predicted octanol–water partition coefficient (Wildman–Crippen LogP) is 0.997. The van der Waals surface area contributed by atoms with Crippen LogP contribution in [-0.4, -0.2) is 34.6 Å². The summed E-state index contributed by atoms with van der Waals surface area (Å²) >= 11 is 2.04. The molecule has 2 unspecified atom stereocenters. The number of hydrogen-bond acceptors (Lipinski definition) is 4. The Kier molecular flexibility index (Phi) is 5.11. The van der Waals surface area contributed by atoms with Crippen LogP contribution in [0.3, 0.4) is 0 Å². The average molecular weight is 217 g/mol. The highest BCUT2D eigenvalue weighted by Crippen LogP contribution is 2.25. The Bertz CT molecular complexity index is 192. The highest BCUT2D eigenvalue weighted by Gasteiger charge is 2.16. The molecule has 2 atom stereocenters. The molecule has 1 heterocycles. The fourth-order valence-electron chi connectivity index (χ4n) is 1.56. The Balaban J connectivity index is 2.10. The number of thioether (sulfide) groups is 1. The molecule has 1 rings (SSSR count). The van der Waals surface area contributed by atoms with Crippen molar-refractivity contribution in [3.05, 3.63) is 0 Å². The number of rotatable bonds is 5. The maximum Gasteiger partial charge on any atom is 0.140 e. The highest BCUT2D eigenvalue weighted by molar-refractivity contribution is 8.00. The van der Waals surface area contributed by atoms with Gasteiger partial charge in [0.2, 0.25) is 0 Å². The number of nitrogens with two attached hydrogens (primary N) is 1. The van der Waals surface area contributed by atoms with E-state index in [0.717, 1.165) is 11.8 Å². The van der Waals surface area contributed by atoms with Crippen molar-refractivity contribution in [3.63, 3.8) is 0 Å². The summed E-state index contributed by atoms with van der Waals surface area (Å²) in [5, 5.41) is 15.5. The van der Waals surface area contributed by atoms with Crippen molar-refractivity contribution in [2.24, 2.45) is 10.9 Å². The first-order valence-corrected chi connectivity index (χ1v) is 6.08. The monoisotopic (exact) mass is 217 g/mol. The molecule has 1 fully saturated rings. The van der Waals surface area contributed by atoms with Crippen LogP contribution in [0.5, 0.6) is 0 Å². The van der Waals surface area contributed by atoms with Gasteiger partial charge in [-0.05, 0) is 25.5 Å². The second-order valence-electron chi connectivity index (χ2n) is 3.74. The lowest BCUT2D eigenvalue weighted by atomic mass is 10.2. The van der Waals surface area contributed by atoms with E-state index in [1.807, 2.05) is 11.8 Å². The molecule has 0 amide bonds. The van der Waals surface area contributed by atoms with Gasteiger partial charge in [0.1, 0.15) is 5.84 Å². The summed E-state index contributed by atoms with van der Waals surface area (Å²) in [6.07, 6.45) is 3.26. The Hall–Kier alpha value is -0.420. The third kappa shape index (κ3) is 4.19. The summed E-state index contributed by atoms with van der Waals surface area (Å²) in [5.74, 6) is 1.59. The third-order valence-electron chi connectivity index (χ3n) is 2.36. The molecule has 0 aliphatic carbocycles. The van der Waals surface area contributed by atoms with Gasteiger partial charge in [-0.1, -0.05) is 5.16 Å². The van der Waals surface area contributed by atoms with Crippen molar-refractivity contribution in [3.8, 4) is 0 Å². The molecule has 4 N–H and O–H groups in total. The SMILES string of the molecule is CC(CC(N)=NO)NCC1CCCS1. The maximum absolute atomic E-state index is 8.39. The van der Waals surface area contributed by atoms with Gasteiger partial charge in [-0.25, -0.2) is 0 Å². The van der Waals surface area contributed by atoms with Gasteiger partial charge in [-0.2, -0.15) is 11.8 Å². The standard InChI is InChI=1S/C9H19N3OS/c1-7(5-9(10)12-13)11-6-8-3-2-4-14-8/h7-8,11,13H,2-6H2,1H3,(H2,10,12). The number of nitrogens with zero attached hydrogens (tertiary/aromatic N) is 1. The fraction of sp³-hybridized carbons (Fsp3) is 0.889. The van der Waals surface area contributed by atoms with Crippen LogP contribution in [0.2, 0.25) is 0 Å². The van der Waals surface area contributed by atoms with Gasteiger partial charge in [0.15, 0.2) is 0 Å². The lowest BCUT2D eigenvalue weighted by Crippen LogP contribution is -2.34. The van der Waals surface area contributed by atoms with E-state index in [-0.39, 0.29) is 6.04 Å². The summed E-state index contributed by atoms with van der Waals surface area (Å²) in [5.41, 5.74) is 5.41. The summed E-state index contributed by atoms with van der Waals surface area (Å²) in [6, 6.07) is 0.284. The first-order valence-electron chi connectivity index (χ1n) is 5.03. The molecule has 0 aromatic carbocycles. The number of oxime groups is 1. The first kappa shape index (κ1) is 11.7. The van der Waals surface area contributed by atoms with Crippen molar-refractivity contribution in [1.82, 2.24) is 5.32 Å². The molecule has 82 valence electrons. The van der Waals surface area contributed by atoms with E-state index in [9.17, 15) is 0 Å². The van der Waals surface area contributed by atoms with Crippen molar-refractivity contribution in [2.75, 3.05) is 12.3 Å². The van der Waals surface area contributed by atoms with Crippen molar-refractivity contribution < 1.29 is 5.21 Å². The first-order chi connectivity index (χ1) is 6.72. The Morgan fingerprint density at radius 1 is 1.79 bits per heavy atom. The Morgan fingerprint density at radius 2 is 2.57 bits per heavy atom. The Morgan fingerprint density at radius 3 is 3.14 bits per heavy atom. The van der Waals surface area contributed by atoms with Crippen LogP contribution in [-0.2, 0) is 0 Å². The molecule has 0 aromatic rings. The normalized spacial score (nSPS) is 25.2. The summed E-state index contributed by atoms with van der Waals surface area (Å²) in [4.78, 5) is 0. The number of nitrogens with one attached hydrogen (secondary N) is 1. The molecule has 1 aliphatic rings. The summed E-state index contributed by atoms with van der Waals surface area (Å²) in [7, 11) is 0. The molecule has 1 aliphatic heterocycles. The molecule has 0 radical (unpaired) electrons. The van der Waals surface area contributed by atoms with Crippen molar-refractivity contribution in [2.45, 2.75) is 37.5 Å². The van der Waals surface area contributed by atoms with Crippen LogP contribution in [0.25, 0.3) is 0 Å². The van der Waals surface area contributed by atoms with Gasteiger partial charge in [-0.15, -0.1) is 0 Å². The third-order valence-corrected chi connectivity index (χ3v) is 3.76. The number of hydrogen-bond donors (Lipinski definition) is 3. The fourth-order valence-corrected chi connectivity index (χ4v) is 2.78. The zero-order valence-electron chi connectivity index (χ0n) is 8.57. The molecule has 0 aromatic heterocycles. The molecule has 5 heteroatoms. The lowest BCUT2D eigenvalue weighted by molar-refractivity contribution is 0.316. The van der Waals surface area contributed by atoms with E-state index in [0.29, 0.717) is 12.3 Å². The average Bonchev–Trinajstić information content (AvgIpc) is 2.67. The van der Waals surface area contributed by atoms with Gasteiger partial charge in [-0.3, -0.25) is 0 Å². The zero-order chi connectivity index (χ0) is 10.4. The molecule has 0 bridgehead atoms. The minimum atomic E-state index is 0.284. The second kappa shape index (κ2) is 6.14. The smallest absolute Gasteiger partial charge is 0.140 e. The molecule has 0 spiro atoms. The Labute approximate surface area is 89.3 Å². The predicted molar refractivity (Wildman–Crippen MR) is 61.0 cm³/mol. The maximum atomic E-state index is 8.39. The van der Waals surface area contributed by atoms with Crippen LogP contribution >= 0.6 is 11.8 Å². The molecule has 14 heavy (non-hydrogen) atoms. The van der Waals surface area contributed by atoms with E-state index < -0.39 is 0 Å². The molecule has 0 saturated carbocycles. The van der Waals surface area contributed by atoms with Crippen LogP contribution < -0.4 is 11.1 Å². The van der Waals surface area contributed by atoms with Crippen LogP contribution in [0.4, 0.5) is 0 Å². The van der Waals surface area contributed by atoms with E-state index >= 15 is 0 Å². The van der Waals surface area contributed by atoms with E-state index in [1.165, 1.54) is 18.6 Å². The van der Waals surface area contributed by atoms with Gasteiger partial charge in [0, 0.05) is 24.3 Å². The quantitative estimate of drug-likeness (QED) is 0.278. The molecule has 4 nitrogen and oxygen atoms in total. The van der Waals surface area contributed by atoms with Crippen LogP contribution in [0, 0.1) is 0 Å². The van der Waals surface area contributed by atoms with Crippen LogP contribution in [0.1, 0.15) is 26.2 Å². The minimum Gasteiger partial charge on any atom is -0.409 e. The van der Waals surface area contributed by atoms with E-state index in [2.05, 4.69) is 17.4 Å². The lowest BCUT2D eigenvalue weighted by Gasteiger charge is -2.15. The van der Waals surface area contributed by atoms with Gasteiger partial charge < -0.3 is 16.3 Å². The summed E-state index contributed by atoms with van der Waals surface area (Å²) in [6.45, 7) is 3.09. The van der Waals surface area contributed by atoms with Gasteiger partial charge in [0.25, 0.3) is 0 Å². The van der Waals surface area contributed by atoms with Crippen molar-refractivity contribution in [1.29, 1.82) is 0 Å².